The molecule has 0 bridgehead atoms. The average molecular weight is 248 g/mol. The van der Waals surface area contributed by atoms with Crippen molar-refractivity contribution in [1.82, 2.24) is 5.32 Å². The molecule has 0 aromatic heterocycles. The molecule has 0 unspecified atom stereocenters. The zero-order valence-corrected chi connectivity index (χ0v) is 10.7. The van der Waals surface area contributed by atoms with Crippen LogP contribution in [0.4, 0.5) is 5.69 Å². The lowest BCUT2D eigenvalue weighted by Crippen LogP contribution is -2.41. The van der Waals surface area contributed by atoms with Gasteiger partial charge in [-0.2, -0.15) is 0 Å². The van der Waals surface area contributed by atoms with Gasteiger partial charge in [0, 0.05) is 12.2 Å². The van der Waals surface area contributed by atoms with E-state index in [0.717, 1.165) is 6.42 Å². The maximum atomic E-state index is 12.0. The van der Waals surface area contributed by atoms with E-state index in [9.17, 15) is 9.90 Å². The predicted octanol–water partition coefficient (Wildman–Crippen LogP) is 2.28. The molecule has 1 aromatic carbocycles. The van der Waals surface area contributed by atoms with Gasteiger partial charge >= 0.3 is 0 Å². The third-order valence-electron chi connectivity index (χ3n) is 4.07. The molecule has 1 fully saturated rings. The fraction of sp³-hybridized carbons (Fsp3) is 0.500. The third-order valence-corrected chi connectivity index (χ3v) is 4.07. The van der Waals surface area contributed by atoms with Crippen molar-refractivity contribution in [1.29, 1.82) is 0 Å². The van der Waals surface area contributed by atoms with Crippen LogP contribution in [0.2, 0.25) is 0 Å². The lowest BCUT2D eigenvalue weighted by molar-refractivity contribution is 0.0850. The maximum Gasteiger partial charge on any atom is 0.253 e. The predicted molar refractivity (Wildman–Crippen MR) is 71.4 cm³/mol. The number of nitrogens with one attached hydrogen (secondary N) is 1. The number of carbonyl (C=O) groups excluding carboxylic acids is 1. The van der Waals surface area contributed by atoms with E-state index < -0.39 is 0 Å². The summed E-state index contributed by atoms with van der Waals surface area (Å²) in [5, 5.41) is 12.3. The standard InChI is InChI=1S/C14H20N2O2/c1-2-14(6-3-7-14)9-16-13(18)11-8-10(17)4-5-12(11)15/h4-5,8,17H,2-3,6-7,9,15H2,1H3,(H,16,18). The minimum Gasteiger partial charge on any atom is -0.508 e. The van der Waals surface area contributed by atoms with Crippen LogP contribution in [0.25, 0.3) is 0 Å². The normalized spacial score (nSPS) is 16.9. The Labute approximate surface area is 107 Å². The Morgan fingerprint density at radius 2 is 2.22 bits per heavy atom. The molecule has 2 rings (SSSR count). The van der Waals surface area contributed by atoms with Crippen LogP contribution in [0, 0.1) is 5.41 Å². The molecule has 1 saturated carbocycles. The van der Waals surface area contributed by atoms with Gasteiger partial charge in [-0.15, -0.1) is 0 Å². The summed E-state index contributed by atoms with van der Waals surface area (Å²) >= 11 is 0. The van der Waals surface area contributed by atoms with E-state index in [2.05, 4.69) is 12.2 Å². The average Bonchev–Trinajstić information content (AvgIpc) is 2.31. The second kappa shape index (κ2) is 4.88. The van der Waals surface area contributed by atoms with Crippen molar-refractivity contribution in [2.45, 2.75) is 32.6 Å². The molecule has 0 aliphatic heterocycles. The molecular formula is C14H20N2O2. The van der Waals surface area contributed by atoms with Crippen LogP contribution >= 0.6 is 0 Å². The molecule has 4 N–H and O–H groups in total. The van der Waals surface area contributed by atoms with E-state index in [4.69, 9.17) is 5.73 Å². The number of aromatic hydroxyl groups is 1. The van der Waals surface area contributed by atoms with E-state index in [1.165, 1.54) is 31.4 Å². The first-order valence-corrected chi connectivity index (χ1v) is 6.43. The number of hydrogen-bond donors (Lipinski definition) is 3. The highest BCUT2D eigenvalue weighted by Gasteiger charge is 2.35. The minimum absolute atomic E-state index is 0.0585. The summed E-state index contributed by atoms with van der Waals surface area (Å²) in [6.07, 6.45) is 4.69. The van der Waals surface area contributed by atoms with Crippen molar-refractivity contribution in [3.63, 3.8) is 0 Å². The molecule has 0 heterocycles. The van der Waals surface area contributed by atoms with Crippen molar-refractivity contribution < 1.29 is 9.90 Å². The molecule has 4 nitrogen and oxygen atoms in total. The van der Waals surface area contributed by atoms with Crippen LogP contribution in [0.5, 0.6) is 5.75 Å². The lowest BCUT2D eigenvalue weighted by atomic mass is 9.67. The third kappa shape index (κ3) is 2.42. The molecule has 0 atom stereocenters. The van der Waals surface area contributed by atoms with Gasteiger partial charge < -0.3 is 16.2 Å². The van der Waals surface area contributed by atoms with Crippen LogP contribution in [-0.4, -0.2) is 17.6 Å². The Hall–Kier alpha value is -1.71. The molecule has 0 radical (unpaired) electrons. The molecule has 0 spiro atoms. The number of phenols is 1. The van der Waals surface area contributed by atoms with Gasteiger partial charge in [0.05, 0.1) is 5.56 Å². The number of nitrogen functional groups attached to an aromatic ring is 1. The smallest absolute Gasteiger partial charge is 0.253 e. The monoisotopic (exact) mass is 248 g/mol. The fourth-order valence-electron chi connectivity index (χ4n) is 2.44. The van der Waals surface area contributed by atoms with E-state index in [1.807, 2.05) is 0 Å². The summed E-state index contributed by atoms with van der Waals surface area (Å²) in [4.78, 5) is 12.0. The minimum atomic E-state index is -0.205. The van der Waals surface area contributed by atoms with Crippen molar-refractivity contribution in [2.24, 2.45) is 5.41 Å². The molecule has 4 heteroatoms. The van der Waals surface area contributed by atoms with E-state index in [-0.39, 0.29) is 17.1 Å². The van der Waals surface area contributed by atoms with Crippen LogP contribution in [0.3, 0.4) is 0 Å². The Balaban J connectivity index is 2.01. The summed E-state index contributed by atoms with van der Waals surface area (Å²) in [7, 11) is 0. The van der Waals surface area contributed by atoms with Gasteiger partial charge in [-0.3, -0.25) is 4.79 Å². The fourth-order valence-corrected chi connectivity index (χ4v) is 2.44. The number of nitrogens with two attached hydrogens (primary N) is 1. The number of hydrogen-bond acceptors (Lipinski definition) is 3. The number of phenolic OH excluding ortho intramolecular Hbond substituents is 1. The van der Waals surface area contributed by atoms with Crippen LogP contribution in [0.15, 0.2) is 18.2 Å². The summed E-state index contributed by atoms with van der Waals surface area (Å²) in [5.74, 6) is -0.147. The Bertz CT molecular complexity index is 448. The van der Waals surface area contributed by atoms with Crippen LogP contribution in [0.1, 0.15) is 43.0 Å². The Morgan fingerprint density at radius 3 is 2.78 bits per heavy atom. The number of rotatable bonds is 4. The molecular weight excluding hydrogens is 228 g/mol. The van der Waals surface area contributed by atoms with E-state index in [0.29, 0.717) is 17.8 Å². The first-order valence-electron chi connectivity index (χ1n) is 6.43. The Kier molecular flexibility index (Phi) is 3.45. The number of amides is 1. The topological polar surface area (TPSA) is 75.3 Å². The first-order chi connectivity index (χ1) is 8.56. The maximum absolute atomic E-state index is 12.0. The van der Waals surface area contributed by atoms with Gasteiger partial charge in [0.15, 0.2) is 0 Å². The zero-order valence-electron chi connectivity index (χ0n) is 10.7. The van der Waals surface area contributed by atoms with Gasteiger partial charge in [0.1, 0.15) is 5.75 Å². The summed E-state index contributed by atoms with van der Waals surface area (Å²) in [6, 6.07) is 4.43. The van der Waals surface area contributed by atoms with Gasteiger partial charge in [-0.05, 0) is 42.9 Å². The molecule has 0 saturated heterocycles. The van der Waals surface area contributed by atoms with E-state index in [1.54, 1.807) is 6.07 Å². The van der Waals surface area contributed by atoms with Crippen molar-refractivity contribution in [3.8, 4) is 5.75 Å². The van der Waals surface area contributed by atoms with Crippen molar-refractivity contribution in [2.75, 3.05) is 12.3 Å². The molecule has 18 heavy (non-hydrogen) atoms. The van der Waals surface area contributed by atoms with Crippen molar-refractivity contribution >= 4 is 11.6 Å². The highest BCUT2D eigenvalue weighted by molar-refractivity contribution is 5.99. The molecule has 1 aliphatic rings. The highest BCUT2D eigenvalue weighted by atomic mass is 16.3. The number of benzene rings is 1. The highest BCUT2D eigenvalue weighted by Crippen LogP contribution is 2.43. The molecule has 1 amide bonds. The van der Waals surface area contributed by atoms with Crippen LogP contribution in [-0.2, 0) is 0 Å². The van der Waals surface area contributed by atoms with Gasteiger partial charge in [0.25, 0.3) is 5.91 Å². The van der Waals surface area contributed by atoms with Crippen molar-refractivity contribution in [3.05, 3.63) is 23.8 Å². The summed E-state index contributed by atoms with van der Waals surface area (Å²) in [5.41, 5.74) is 6.76. The Morgan fingerprint density at radius 1 is 1.50 bits per heavy atom. The van der Waals surface area contributed by atoms with Gasteiger partial charge in [-0.1, -0.05) is 13.3 Å². The van der Waals surface area contributed by atoms with Crippen LogP contribution < -0.4 is 11.1 Å². The number of anilines is 1. The quantitative estimate of drug-likeness (QED) is 0.565. The summed E-state index contributed by atoms with van der Waals surface area (Å²) in [6.45, 7) is 2.85. The van der Waals surface area contributed by atoms with Gasteiger partial charge in [0.2, 0.25) is 0 Å². The lowest BCUT2D eigenvalue weighted by Gasteiger charge is -2.41. The number of carbonyl (C=O) groups is 1. The largest absolute Gasteiger partial charge is 0.508 e. The second-order valence-corrected chi connectivity index (χ2v) is 5.16. The molecule has 1 aliphatic carbocycles. The summed E-state index contributed by atoms with van der Waals surface area (Å²) < 4.78 is 0. The van der Waals surface area contributed by atoms with E-state index >= 15 is 0 Å². The van der Waals surface area contributed by atoms with Gasteiger partial charge in [-0.25, -0.2) is 0 Å². The SMILES string of the molecule is CCC1(CNC(=O)c2cc(O)ccc2N)CCC1. The molecule has 1 aromatic rings. The second-order valence-electron chi connectivity index (χ2n) is 5.16. The first kappa shape index (κ1) is 12.7. The zero-order chi connectivity index (χ0) is 13.2. The molecule has 98 valence electrons.